The van der Waals surface area contributed by atoms with E-state index in [1.807, 2.05) is 0 Å². The highest BCUT2D eigenvalue weighted by Crippen LogP contribution is 2.54. The topological polar surface area (TPSA) is 41.6 Å². The first kappa shape index (κ1) is 17.8. The number of thiocarbonyl (C=S) groups is 1. The maximum absolute atomic E-state index is 13.3. The van der Waals surface area contributed by atoms with Gasteiger partial charge in [0.2, 0.25) is 0 Å². The number of nitrogens with one attached hydrogen (secondary N) is 1. The Bertz CT molecular complexity index is 977. The molecule has 0 radical (unpaired) electrons. The molecule has 1 N–H and O–H groups in total. The summed E-state index contributed by atoms with van der Waals surface area (Å²) in [6.45, 7) is 1.59. The fourth-order valence-electron chi connectivity index (χ4n) is 3.97. The zero-order valence-corrected chi connectivity index (χ0v) is 15.2. The van der Waals surface area contributed by atoms with E-state index < -0.39 is 22.9 Å². The van der Waals surface area contributed by atoms with Gasteiger partial charge in [0, 0.05) is 18.3 Å². The SMILES string of the molecule is CN1C(=O)[C@]2(NC(=S)O[C@@]2(C)c2cccc(C(F)(F)F)c2)c2ccccc21. The minimum absolute atomic E-state index is 0.0339. The number of fused-ring (bicyclic) bond motifs is 2. The highest BCUT2D eigenvalue weighted by atomic mass is 32.1. The third kappa shape index (κ3) is 2.22. The van der Waals surface area contributed by atoms with Gasteiger partial charge in [-0.15, -0.1) is 0 Å². The van der Waals surface area contributed by atoms with Gasteiger partial charge in [-0.1, -0.05) is 30.3 Å². The summed E-state index contributed by atoms with van der Waals surface area (Å²) < 4.78 is 45.6. The third-order valence-corrected chi connectivity index (χ3v) is 5.52. The third-order valence-electron chi connectivity index (χ3n) is 5.34. The summed E-state index contributed by atoms with van der Waals surface area (Å²) in [7, 11) is 1.62. The van der Waals surface area contributed by atoms with E-state index in [4.69, 9.17) is 17.0 Å². The van der Waals surface area contributed by atoms with Crippen molar-refractivity contribution >= 4 is 29.0 Å². The van der Waals surface area contributed by atoms with E-state index in [0.29, 0.717) is 11.3 Å². The van der Waals surface area contributed by atoms with E-state index in [1.165, 1.54) is 17.0 Å². The lowest BCUT2D eigenvalue weighted by Crippen LogP contribution is -2.57. The number of benzene rings is 2. The number of para-hydroxylation sites is 1. The lowest BCUT2D eigenvalue weighted by atomic mass is 9.72. The van der Waals surface area contributed by atoms with Crippen molar-refractivity contribution in [1.82, 2.24) is 5.32 Å². The van der Waals surface area contributed by atoms with Gasteiger partial charge in [0.1, 0.15) is 0 Å². The first-order valence-corrected chi connectivity index (χ1v) is 8.58. The maximum Gasteiger partial charge on any atom is 0.416 e. The Morgan fingerprint density at radius 3 is 2.56 bits per heavy atom. The van der Waals surface area contributed by atoms with Crippen molar-refractivity contribution in [2.24, 2.45) is 0 Å². The quantitative estimate of drug-likeness (QED) is 0.752. The van der Waals surface area contributed by atoms with Crippen LogP contribution in [0.1, 0.15) is 23.6 Å². The molecular formula is C19H15F3N2O2S. The molecule has 0 aliphatic carbocycles. The summed E-state index contributed by atoms with van der Waals surface area (Å²) >= 11 is 5.18. The van der Waals surface area contributed by atoms with E-state index in [2.05, 4.69) is 5.32 Å². The van der Waals surface area contributed by atoms with E-state index in [1.54, 1.807) is 38.2 Å². The highest BCUT2D eigenvalue weighted by molar-refractivity contribution is 7.80. The number of hydrogen-bond acceptors (Lipinski definition) is 3. The lowest BCUT2D eigenvalue weighted by Gasteiger charge is -2.37. The van der Waals surface area contributed by atoms with Gasteiger partial charge in [-0.05, 0) is 42.9 Å². The standard InChI is InChI=1S/C19H15F3N2O2S/c1-17(11-6-5-7-12(10-11)19(20,21)22)18(23-16(27)26-17)13-8-3-4-9-14(13)24(2)15(18)25/h3-10H,1-2H3,(H,23,27)/t17-,18+/m0/s1. The van der Waals surface area contributed by atoms with Crippen molar-refractivity contribution in [3.8, 4) is 0 Å². The van der Waals surface area contributed by atoms with Gasteiger partial charge in [-0.25, -0.2) is 0 Å². The molecule has 8 heteroatoms. The average Bonchev–Trinajstić information content (AvgIpc) is 3.03. The Morgan fingerprint density at radius 1 is 1.15 bits per heavy atom. The highest BCUT2D eigenvalue weighted by Gasteiger charge is 2.67. The van der Waals surface area contributed by atoms with Crippen LogP contribution in [-0.4, -0.2) is 18.1 Å². The van der Waals surface area contributed by atoms with Gasteiger partial charge in [0.25, 0.3) is 11.1 Å². The van der Waals surface area contributed by atoms with Crippen LogP contribution in [0.3, 0.4) is 0 Å². The molecule has 2 atom stereocenters. The van der Waals surface area contributed by atoms with Crippen LogP contribution >= 0.6 is 12.2 Å². The molecule has 140 valence electrons. The smallest absolute Gasteiger partial charge is 0.416 e. The molecule has 2 aromatic carbocycles. The monoisotopic (exact) mass is 392 g/mol. The molecule has 2 heterocycles. The molecule has 0 saturated carbocycles. The number of amides is 1. The number of rotatable bonds is 1. The summed E-state index contributed by atoms with van der Waals surface area (Å²) in [5.41, 5.74) is -2.24. The molecule has 0 unspecified atom stereocenters. The Labute approximate surface area is 158 Å². The molecule has 4 nitrogen and oxygen atoms in total. The molecule has 2 aliphatic heterocycles. The first-order valence-electron chi connectivity index (χ1n) is 8.18. The molecule has 4 rings (SSSR count). The number of ether oxygens (including phenoxy) is 1. The van der Waals surface area contributed by atoms with Crippen LogP contribution in [0.15, 0.2) is 48.5 Å². The summed E-state index contributed by atoms with van der Waals surface area (Å²) in [5.74, 6) is -0.344. The normalized spacial score (nSPS) is 26.9. The Kier molecular flexibility index (Phi) is 3.59. The van der Waals surface area contributed by atoms with Gasteiger partial charge in [-0.2, -0.15) is 13.2 Å². The molecule has 1 fully saturated rings. The fourth-order valence-corrected chi connectivity index (χ4v) is 4.29. The maximum atomic E-state index is 13.3. The molecule has 2 aliphatic rings. The van der Waals surface area contributed by atoms with Crippen LogP contribution in [-0.2, 0) is 26.8 Å². The van der Waals surface area contributed by atoms with Crippen LogP contribution in [0.2, 0.25) is 0 Å². The number of halogens is 3. The molecule has 1 amide bonds. The van der Waals surface area contributed by atoms with Crippen LogP contribution < -0.4 is 10.2 Å². The molecule has 0 aromatic heterocycles. The molecule has 0 bridgehead atoms. The van der Waals surface area contributed by atoms with Crippen LogP contribution in [0.4, 0.5) is 18.9 Å². The molecule has 1 saturated heterocycles. The number of hydrogen-bond donors (Lipinski definition) is 1. The van der Waals surface area contributed by atoms with Gasteiger partial charge in [-0.3, -0.25) is 4.79 Å². The summed E-state index contributed by atoms with van der Waals surface area (Å²) in [5, 5.41) is 2.92. The number of alkyl halides is 3. The van der Waals surface area contributed by atoms with Crippen molar-refractivity contribution in [3.63, 3.8) is 0 Å². The van der Waals surface area contributed by atoms with Gasteiger partial charge >= 0.3 is 6.18 Å². The van der Waals surface area contributed by atoms with Gasteiger partial charge in [0.15, 0.2) is 11.1 Å². The summed E-state index contributed by atoms with van der Waals surface area (Å²) in [6.07, 6.45) is -4.51. The second-order valence-electron chi connectivity index (χ2n) is 6.76. The van der Waals surface area contributed by atoms with Crippen molar-refractivity contribution in [2.75, 3.05) is 11.9 Å². The molecule has 1 spiro atoms. The second-order valence-corrected chi connectivity index (χ2v) is 7.13. The summed E-state index contributed by atoms with van der Waals surface area (Å²) in [6, 6.07) is 11.9. The zero-order chi connectivity index (χ0) is 19.6. The molecular weight excluding hydrogens is 377 g/mol. The van der Waals surface area contributed by atoms with Gasteiger partial charge in [0.05, 0.1) is 5.56 Å². The minimum Gasteiger partial charge on any atom is -0.456 e. The predicted octanol–water partition coefficient (Wildman–Crippen LogP) is 3.70. The van der Waals surface area contributed by atoms with Crippen molar-refractivity contribution in [2.45, 2.75) is 24.2 Å². The van der Waals surface area contributed by atoms with Crippen LogP contribution in [0, 0.1) is 0 Å². The molecule has 27 heavy (non-hydrogen) atoms. The average molecular weight is 392 g/mol. The lowest BCUT2D eigenvalue weighted by molar-refractivity contribution is -0.137. The largest absolute Gasteiger partial charge is 0.456 e. The zero-order valence-electron chi connectivity index (χ0n) is 14.4. The van der Waals surface area contributed by atoms with Crippen molar-refractivity contribution in [3.05, 3.63) is 65.2 Å². The molecule has 2 aromatic rings. The number of nitrogens with zero attached hydrogens (tertiary/aromatic N) is 1. The van der Waals surface area contributed by atoms with Crippen LogP contribution in [0.5, 0.6) is 0 Å². The number of anilines is 1. The van der Waals surface area contributed by atoms with E-state index in [0.717, 1.165) is 12.1 Å². The van der Waals surface area contributed by atoms with E-state index >= 15 is 0 Å². The summed E-state index contributed by atoms with van der Waals surface area (Å²) in [4.78, 5) is 14.8. The Morgan fingerprint density at radius 2 is 1.85 bits per heavy atom. The predicted molar refractivity (Wildman–Crippen MR) is 97.1 cm³/mol. The number of likely N-dealkylation sites (N-methyl/N-ethyl adjacent to an activating group) is 1. The van der Waals surface area contributed by atoms with Crippen molar-refractivity contribution in [1.29, 1.82) is 0 Å². The first-order chi connectivity index (χ1) is 12.6. The van der Waals surface area contributed by atoms with Crippen LogP contribution in [0.25, 0.3) is 0 Å². The van der Waals surface area contributed by atoms with Crippen molar-refractivity contribution < 1.29 is 22.7 Å². The second kappa shape index (κ2) is 5.45. The fraction of sp³-hybridized carbons (Fsp3) is 0.263. The Hall–Kier alpha value is -2.61. The van der Waals surface area contributed by atoms with E-state index in [-0.39, 0.29) is 16.6 Å². The van der Waals surface area contributed by atoms with Gasteiger partial charge < -0.3 is 15.0 Å². The number of carbonyl (C=O) groups excluding carboxylic acids is 1. The minimum atomic E-state index is -4.51. The van der Waals surface area contributed by atoms with E-state index in [9.17, 15) is 18.0 Å². The Balaban J connectivity index is 1.98. The number of carbonyl (C=O) groups is 1.